The Kier molecular flexibility index (Phi) is 5.54. The first-order chi connectivity index (χ1) is 13.5. The first-order valence-electron chi connectivity index (χ1n) is 10.9. The number of carbonyl (C=O) groups is 2. The van der Waals surface area contributed by atoms with E-state index in [2.05, 4.69) is 16.3 Å². The Bertz CT molecular complexity index is 644. The molecule has 1 spiro atoms. The van der Waals surface area contributed by atoms with Crippen molar-refractivity contribution in [2.75, 3.05) is 46.4 Å². The summed E-state index contributed by atoms with van der Waals surface area (Å²) in [4.78, 5) is 30.6. The van der Waals surface area contributed by atoms with Gasteiger partial charge in [-0.2, -0.15) is 0 Å². The van der Waals surface area contributed by atoms with Crippen LogP contribution in [-0.4, -0.2) is 85.3 Å². The van der Waals surface area contributed by atoms with Gasteiger partial charge in [0.2, 0.25) is 0 Å². The largest absolute Gasteiger partial charge is 0.450 e. The second kappa shape index (κ2) is 7.93. The van der Waals surface area contributed by atoms with Crippen molar-refractivity contribution < 1.29 is 14.3 Å². The van der Waals surface area contributed by atoms with E-state index in [1.807, 2.05) is 16.7 Å². The van der Waals surface area contributed by atoms with Crippen LogP contribution in [0, 0.1) is 5.41 Å². The van der Waals surface area contributed by atoms with Crippen LogP contribution in [0.5, 0.6) is 0 Å². The van der Waals surface area contributed by atoms with Crippen LogP contribution in [0.15, 0.2) is 11.6 Å². The van der Waals surface area contributed by atoms with Crippen LogP contribution in [0.3, 0.4) is 0 Å². The third-order valence-corrected chi connectivity index (χ3v) is 7.25. The highest BCUT2D eigenvalue weighted by Gasteiger charge is 2.51. The average Bonchev–Trinajstić information content (AvgIpc) is 3.34. The quantitative estimate of drug-likeness (QED) is 0.752. The van der Waals surface area contributed by atoms with Crippen molar-refractivity contribution in [3.05, 3.63) is 11.6 Å². The Morgan fingerprint density at radius 2 is 2.11 bits per heavy atom. The van der Waals surface area contributed by atoms with E-state index < -0.39 is 0 Å². The van der Waals surface area contributed by atoms with E-state index in [1.54, 1.807) is 7.05 Å². The fraction of sp³-hybridized carbons (Fsp3) is 0.810. The van der Waals surface area contributed by atoms with Crippen molar-refractivity contribution >= 4 is 12.1 Å². The highest BCUT2D eigenvalue weighted by atomic mass is 16.6. The Balaban J connectivity index is 1.28. The molecule has 3 aliphatic heterocycles. The molecular formula is C21H34N4O3. The summed E-state index contributed by atoms with van der Waals surface area (Å²) in [5, 5.41) is 2.78. The van der Waals surface area contributed by atoms with Crippen molar-refractivity contribution in [2.24, 2.45) is 5.41 Å². The highest BCUT2D eigenvalue weighted by molar-refractivity contribution is 5.75. The number of carbonyl (C=O) groups excluding carboxylic acids is 2. The summed E-state index contributed by atoms with van der Waals surface area (Å²) in [7, 11) is 1.72. The van der Waals surface area contributed by atoms with E-state index in [0.717, 1.165) is 58.4 Å². The molecule has 3 amide bonds. The Labute approximate surface area is 168 Å². The van der Waals surface area contributed by atoms with Crippen LogP contribution < -0.4 is 5.32 Å². The van der Waals surface area contributed by atoms with E-state index in [4.69, 9.17) is 4.74 Å². The van der Waals surface area contributed by atoms with Gasteiger partial charge in [-0.3, -0.25) is 4.90 Å². The zero-order chi connectivity index (χ0) is 19.7. The van der Waals surface area contributed by atoms with Gasteiger partial charge in [0.25, 0.3) is 0 Å². The summed E-state index contributed by atoms with van der Waals surface area (Å²) in [6.07, 6.45) is 8.98. The molecule has 0 radical (unpaired) electrons. The fourth-order valence-electron chi connectivity index (χ4n) is 5.71. The van der Waals surface area contributed by atoms with Crippen LogP contribution in [0.2, 0.25) is 0 Å². The standard InChI is InChI=1S/C21H34N4O3/c1-3-28-20(27)24-12-8-21(15-24)13-17(14-21)23-10-6-16(7-11-23)18-5-4-9-25(18)19(26)22-2/h6,17-18H,3-5,7-15H2,1-2H3,(H,22,26)/t17?,18-,21?/m0/s1. The SMILES string of the molecule is CCOC(=O)N1CCC2(CC(N3CC=C([C@@H]4CCCN4C(=O)NC)CC3)C2)C1. The van der Waals surface area contributed by atoms with Gasteiger partial charge >= 0.3 is 12.1 Å². The molecule has 0 bridgehead atoms. The van der Waals surface area contributed by atoms with Gasteiger partial charge in [-0.1, -0.05) is 6.08 Å². The molecule has 7 nitrogen and oxygen atoms in total. The number of hydrogen-bond acceptors (Lipinski definition) is 4. The third kappa shape index (κ3) is 3.61. The number of nitrogens with one attached hydrogen (secondary N) is 1. The normalized spacial score (nSPS) is 33.0. The molecule has 1 atom stereocenters. The minimum absolute atomic E-state index is 0.0548. The molecule has 2 saturated heterocycles. The van der Waals surface area contributed by atoms with E-state index in [1.165, 1.54) is 18.4 Å². The number of hydrogen-bond donors (Lipinski definition) is 1. The second-order valence-electron chi connectivity index (χ2n) is 8.86. The minimum Gasteiger partial charge on any atom is -0.450 e. The molecule has 3 heterocycles. The summed E-state index contributed by atoms with van der Waals surface area (Å²) in [5.41, 5.74) is 1.77. The molecule has 0 aromatic carbocycles. The topological polar surface area (TPSA) is 65.1 Å². The van der Waals surface area contributed by atoms with E-state index in [9.17, 15) is 9.59 Å². The lowest BCUT2D eigenvalue weighted by Crippen LogP contribution is -2.53. The fourth-order valence-corrected chi connectivity index (χ4v) is 5.71. The predicted molar refractivity (Wildman–Crippen MR) is 107 cm³/mol. The number of ether oxygens (including phenoxy) is 1. The summed E-state index contributed by atoms with van der Waals surface area (Å²) < 4.78 is 5.16. The van der Waals surface area contributed by atoms with Crippen molar-refractivity contribution in [1.29, 1.82) is 0 Å². The lowest BCUT2D eigenvalue weighted by atomic mass is 9.64. The summed E-state index contributed by atoms with van der Waals surface area (Å²) >= 11 is 0. The average molecular weight is 391 g/mol. The van der Waals surface area contributed by atoms with Crippen molar-refractivity contribution in [1.82, 2.24) is 20.0 Å². The van der Waals surface area contributed by atoms with Gasteiger partial charge in [-0.15, -0.1) is 0 Å². The number of amides is 3. The second-order valence-corrected chi connectivity index (χ2v) is 8.86. The van der Waals surface area contributed by atoms with Crippen LogP contribution in [0.4, 0.5) is 9.59 Å². The Hall–Kier alpha value is -1.76. The van der Waals surface area contributed by atoms with Gasteiger partial charge in [0, 0.05) is 45.8 Å². The lowest BCUT2D eigenvalue weighted by molar-refractivity contribution is 0.00978. The Morgan fingerprint density at radius 1 is 1.29 bits per heavy atom. The number of likely N-dealkylation sites (tertiary alicyclic amines) is 2. The summed E-state index contributed by atoms with van der Waals surface area (Å²) in [6, 6.07) is 0.987. The van der Waals surface area contributed by atoms with Crippen LogP contribution in [-0.2, 0) is 4.74 Å². The molecule has 156 valence electrons. The molecule has 3 fully saturated rings. The smallest absolute Gasteiger partial charge is 0.409 e. The van der Waals surface area contributed by atoms with E-state index in [0.29, 0.717) is 24.1 Å². The molecule has 7 heteroatoms. The Morgan fingerprint density at radius 3 is 2.79 bits per heavy atom. The molecule has 1 saturated carbocycles. The summed E-state index contributed by atoms with van der Waals surface area (Å²) in [6.45, 7) is 6.97. The predicted octanol–water partition coefficient (Wildman–Crippen LogP) is 2.43. The van der Waals surface area contributed by atoms with Crippen LogP contribution in [0.1, 0.15) is 45.4 Å². The zero-order valence-corrected chi connectivity index (χ0v) is 17.3. The van der Waals surface area contributed by atoms with Gasteiger partial charge in [0.15, 0.2) is 0 Å². The van der Waals surface area contributed by atoms with Gasteiger partial charge in [-0.25, -0.2) is 9.59 Å². The number of urea groups is 1. The van der Waals surface area contributed by atoms with Gasteiger partial charge in [0.05, 0.1) is 12.6 Å². The van der Waals surface area contributed by atoms with Crippen molar-refractivity contribution in [3.8, 4) is 0 Å². The lowest BCUT2D eigenvalue weighted by Gasteiger charge is -2.51. The minimum atomic E-state index is -0.148. The third-order valence-electron chi connectivity index (χ3n) is 7.25. The molecule has 1 N–H and O–H groups in total. The van der Waals surface area contributed by atoms with Crippen LogP contribution >= 0.6 is 0 Å². The summed E-state index contributed by atoms with van der Waals surface area (Å²) in [5.74, 6) is 0. The first kappa shape index (κ1) is 19.6. The van der Waals surface area contributed by atoms with Crippen LogP contribution in [0.25, 0.3) is 0 Å². The molecular weight excluding hydrogens is 356 g/mol. The van der Waals surface area contributed by atoms with Gasteiger partial charge in [0.1, 0.15) is 0 Å². The molecule has 0 unspecified atom stereocenters. The van der Waals surface area contributed by atoms with E-state index >= 15 is 0 Å². The van der Waals surface area contributed by atoms with Gasteiger partial charge < -0.3 is 19.9 Å². The van der Waals surface area contributed by atoms with Crippen molar-refractivity contribution in [2.45, 2.75) is 57.5 Å². The molecule has 1 aliphatic carbocycles. The van der Waals surface area contributed by atoms with Crippen molar-refractivity contribution in [3.63, 3.8) is 0 Å². The molecule has 4 rings (SSSR count). The number of nitrogens with zero attached hydrogens (tertiary/aromatic N) is 3. The molecule has 28 heavy (non-hydrogen) atoms. The maximum absolute atomic E-state index is 12.1. The maximum atomic E-state index is 12.1. The highest BCUT2D eigenvalue weighted by Crippen LogP contribution is 2.50. The zero-order valence-electron chi connectivity index (χ0n) is 17.3. The van der Waals surface area contributed by atoms with E-state index in [-0.39, 0.29) is 12.1 Å². The first-order valence-corrected chi connectivity index (χ1v) is 10.9. The monoisotopic (exact) mass is 390 g/mol. The molecule has 4 aliphatic rings. The molecule has 0 aromatic rings. The number of rotatable bonds is 3. The van der Waals surface area contributed by atoms with Gasteiger partial charge in [-0.05, 0) is 56.4 Å². The maximum Gasteiger partial charge on any atom is 0.409 e. The molecule has 0 aromatic heterocycles.